The molecule has 0 unspecified atom stereocenters. The molecule has 0 aliphatic carbocycles. The highest BCUT2D eigenvalue weighted by molar-refractivity contribution is 5.92. The predicted molar refractivity (Wildman–Crippen MR) is 90.6 cm³/mol. The molecule has 4 atom stereocenters. The number of hydrogen-bond donors (Lipinski definition) is 1. The van der Waals surface area contributed by atoms with Gasteiger partial charge in [0, 0.05) is 19.8 Å². The summed E-state index contributed by atoms with van der Waals surface area (Å²) in [4.78, 5) is 37.6. The van der Waals surface area contributed by atoms with E-state index in [-0.39, 0.29) is 31.1 Å². The number of nitrogens with zero attached hydrogens (tertiary/aromatic N) is 4. The lowest BCUT2D eigenvalue weighted by atomic mass is 9.76. The summed E-state index contributed by atoms with van der Waals surface area (Å²) in [6, 6.07) is 0. The summed E-state index contributed by atoms with van der Waals surface area (Å²) in [6.45, 7) is 2.74. The van der Waals surface area contributed by atoms with Crippen molar-refractivity contribution in [1.82, 2.24) is 19.8 Å². The number of aryl methyl sites for hydroxylation is 1. The number of amides is 2. The molecule has 8 nitrogen and oxygen atoms in total. The van der Waals surface area contributed by atoms with E-state index >= 15 is 0 Å². The number of carbonyl (C=O) groups excluding carboxylic acids is 2. The van der Waals surface area contributed by atoms with Crippen LogP contribution in [0.2, 0.25) is 0 Å². The van der Waals surface area contributed by atoms with Crippen LogP contribution in [0.1, 0.15) is 11.4 Å². The molecular formula is C18H22N4O4. The molecule has 3 aliphatic heterocycles. The number of aliphatic hydroxyl groups excluding tert-OH is 1. The lowest BCUT2D eigenvalue weighted by Crippen LogP contribution is -2.45. The number of aromatic nitrogens is 2. The van der Waals surface area contributed by atoms with Gasteiger partial charge in [-0.3, -0.25) is 19.6 Å². The minimum atomic E-state index is -0.736. The highest BCUT2D eigenvalue weighted by Gasteiger charge is 2.67. The normalized spacial score (nSPS) is 31.6. The largest absolute Gasteiger partial charge is 0.395 e. The number of rotatable bonds is 5. The van der Waals surface area contributed by atoms with E-state index in [2.05, 4.69) is 9.97 Å². The summed E-state index contributed by atoms with van der Waals surface area (Å²) in [5.74, 6) is -1.32. The van der Waals surface area contributed by atoms with Crippen LogP contribution in [0.4, 0.5) is 0 Å². The van der Waals surface area contributed by atoms with Crippen molar-refractivity contribution in [2.75, 3.05) is 26.7 Å². The van der Waals surface area contributed by atoms with E-state index in [1.807, 2.05) is 19.1 Å². The average Bonchev–Trinajstić information content (AvgIpc) is 3.25. The molecule has 2 fully saturated rings. The van der Waals surface area contributed by atoms with E-state index in [1.165, 1.54) is 4.90 Å². The van der Waals surface area contributed by atoms with Gasteiger partial charge in [-0.25, -0.2) is 0 Å². The predicted octanol–water partition coefficient (Wildman–Crippen LogP) is -0.482. The minimum absolute atomic E-state index is 0.0880. The Balaban J connectivity index is 1.57. The Kier molecular flexibility index (Phi) is 4.04. The van der Waals surface area contributed by atoms with E-state index in [0.29, 0.717) is 18.8 Å². The van der Waals surface area contributed by atoms with Crippen LogP contribution < -0.4 is 0 Å². The van der Waals surface area contributed by atoms with E-state index in [4.69, 9.17) is 9.84 Å². The lowest BCUT2D eigenvalue weighted by Gasteiger charge is -2.27. The molecule has 2 saturated heterocycles. The zero-order valence-electron chi connectivity index (χ0n) is 14.8. The Morgan fingerprint density at radius 2 is 2.27 bits per heavy atom. The second-order valence-electron chi connectivity index (χ2n) is 7.23. The van der Waals surface area contributed by atoms with E-state index < -0.39 is 17.4 Å². The molecule has 0 aromatic carbocycles. The molecule has 1 spiro atoms. The van der Waals surface area contributed by atoms with Crippen molar-refractivity contribution in [1.29, 1.82) is 0 Å². The van der Waals surface area contributed by atoms with Gasteiger partial charge in [-0.05, 0) is 6.92 Å². The first-order valence-corrected chi connectivity index (χ1v) is 8.74. The summed E-state index contributed by atoms with van der Waals surface area (Å²) in [5, 5.41) is 9.10. The van der Waals surface area contributed by atoms with Crippen LogP contribution in [-0.4, -0.2) is 75.1 Å². The van der Waals surface area contributed by atoms with Crippen LogP contribution in [0.25, 0.3) is 0 Å². The number of ether oxygens (including phenoxy) is 1. The van der Waals surface area contributed by atoms with Gasteiger partial charge in [0.1, 0.15) is 5.60 Å². The molecule has 0 radical (unpaired) electrons. The molecule has 1 aromatic heterocycles. The van der Waals surface area contributed by atoms with Gasteiger partial charge in [0.15, 0.2) is 0 Å². The monoisotopic (exact) mass is 358 g/mol. The third kappa shape index (κ3) is 2.52. The maximum Gasteiger partial charge on any atom is 0.230 e. The zero-order valence-corrected chi connectivity index (χ0v) is 14.8. The molecule has 8 heteroatoms. The molecule has 2 bridgehead atoms. The first-order chi connectivity index (χ1) is 12.4. The van der Waals surface area contributed by atoms with Gasteiger partial charge in [0.25, 0.3) is 0 Å². The summed E-state index contributed by atoms with van der Waals surface area (Å²) in [5.41, 5.74) is 0.791. The zero-order chi connectivity index (χ0) is 18.5. The third-order valence-electron chi connectivity index (χ3n) is 5.46. The SMILES string of the molecule is Cc1cnc(CN2C[C@]34C=C[C@H](O3)[C@@H](C(=O)N(C)CCO)[C@@H]4C2=O)cn1. The van der Waals surface area contributed by atoms with Crippen LogP contribution in [0.15, 0.2) is 24.5 Å². The molecular weight excluding hydrogens is 336 g/mol. The second-order valence-corrected chi connectivity index (χ2v) is 7.23. The lowest BCUT2D eigenvalue weighted by molar-refractivity contribution is -0.142. The molecule has 0 saturated carbocycles. The summed E-state index contributed by atoms with van der Waals surface area (Å²) >= 11 is 0. The maximum atomic E-state index is 13.1. The third-order valence-corrected chi connectivity index (χ3v) is 5.46. The quantitative estimate of drug-likeness (QED) is 0.714. The molecule has 138 valence electrons. The fraction of sp³-hybridized carbons (Fsp3) is 0.556. The van der Waals surface area contributed by atoms with E-state index in [9.17, 15) is 9.59 Å². The molecule has 2 amide bonds. The Hall–Kier alpha value is -2.32. The second kappa shape index (κ2) is 6.14. The summed E-state index contributed by atoms with van der Waals surface area (Å²) in [7, 11) is 1.64. The molecule has 4 heterocycles. The van der Waals surface area contributed by atoms with E-state index in [1.54, 1.807) is 24.3 Å². The minimum Gasteiger partial charge on any atom is -0.395 e. The standard InChI is InChI=1S/C18H22N4O4/c1-11-7-20-12(8-19-11)9-22-10-18-4-3-13(26-18)14(15(18)17(22)25)16(24)21(2)5-6-23/h3-4,7-8,13-15,23H,5-6,9-10H2,1-2H3/t13-,14+,15+,18-/m0/s1. The number of likely N-dealkylation sites (N-methyl/N-ethyl adjacent to an activating group) is 1. The van der Waals surface area contributed by atoms with Crippen LogP contribution in [0.3, 0.4) is 0 Å². The van der Waals surface area contributed by atoms with Gasteiger partial charge < -0.3 is 19.6 Å². The number of likely N-dealkylation sites (tertiary alicyclic amines) is 1. The fourth-order valence-corrected chi connectivity index (χ4v) is 4.21. The van der Waals surface area contributed by atoms with Crippen LogP contribution in [-0.2, 0) is 20.9 Å². The van der Waals surface area contributed by atoms with Gasteiger partial charge in [-0.2, -0.15) is 0 Å². The Morgan fingerprint density at radius 1 is 1.46 bits per heavy atom. The highest BCUT2D eigenvalue weighted by Crippen LogP contribution is 2.52. The van der Waals surface area contributed by atoms with Crippen molar-refractivity contribution in [3.05, 3.63) is 35.9 Å². The van der Waals surface area contributed by atoms with Gasteiger partial charge in [-0.15, -0.1) is 0 Å². The number of fused-ring (bicyclic) bond motifs is 1. The van der Waals surface area contributed by atoms with Gasteiger partial charge in [-0.1, -0.05) is 12.2 Å². The number of aliphatic hydroxyl groups is 1. The van der Waals surface area contributed by atoms with Crippen molar-refractivity contribution in [2.45, 2.75) is 25.2 Å². The summed E-state index contributed by atoms with van der Waals surface area (Å²) in [6.07, 6.45) is 6.78. The average molecular weight is 358 g/mol. The summed E-state index contributed by atoms with van der Waals surface area (Å²) < 4.78 is 6.08. The number of hydrogen-bond acceptors (Lipinski definition) is 6. The topological polar surface area (TPSA) is 95.9 Å². The first kappa shape index (κ1) is 17.1. The van der Waals surface area contributed by atoms with Gasteiger partial charge >= 0.3 is 0 Å². The Morgan fingerprint density at radius 3 is 2.96 bits per heavy atom. The molecule has 26 heavy (non-hydrogen) atoms. The van der Waals surface area contributed by atoms with Crippen molar-refractivity contribution >= 4 is 11.8 Å². The Bertz CT molecular complexity index is 765. The Labute approximate surface area is 151 Å². The van der Waals surface area contributed by atoms with Crippen LogP contribution in [0, 0.1) is 18.8 Å². The van der Waals surface area contributed by atoms with Crippen LogP contribution >= 0.6 is 0 Å². The van der Waals surface area contributed by atoms with Gasteiger partial charge in [0.2, 0.25) is 11.8 Å². The maximum absolute atomic E-state index is 13.1. The smallest absolute Gasteiger partial charge is 0.230 e. The number of carbonyl (C=O) groups is 2. The van der Waals surface area contributed by atoms with Gasteiger partial charge in [0.05, 0.1) is 55.2 Å². The molecule has 1 N–H and O–H groups in total. The van der Waals surface area contributed by atoms with Crippen molar-refractivity contribution < 1.29 is 19.4 Å². The van der Waals surface area contributed by atoms with Crippen molar-refractivity contribution in [3.63, 3.8) is 0 Å². The molecule has 3 aliphatic rings. The highest BCUT2D eigenvalue weighted by atomic mass is 16.5. The van der Waals surface area contributed by atoms with Crippen LogP contribution in [0.5, 0.6) is 0 Å². The fourth-order valence-electron chi connectivity index (χ4n) is 4.21. The first-order valence-electron chi connectivity index (χ1n) is 8.74. The molecule has 4 rings (SSSR count). The van der Waals surface area contributed by atoms with E-state index in [0.717, 1.165) is 5.69 Å². The molecule has 1 aromatic rings. The van der Waals surface area contributed by atoms with Crippen molar-refractivity contribution in [3.8, 4) is 0 Å². The van der Waals surface area contributed by atoms with Crippen molar-refractivity contribution in [2.24, 2.45) is 11.8 Å².